The minimum absolute atomic E-state index is 0.0221. The third-order valence-corrected chi connectivity index (χ3v) is 2.08. The Bertz CT molecular complexity index is 375. The fourth-order valence-electron chi connectivity index (χ4n) is 1.01. The van der Waals surface area contributed by atoms with Gasteiger partial charge in [0.15, 0.2) is 0 Å². The van der Waals surface area contributed by atoms with Crippen molar-refractivity contribution in [1.29, 1.82) is 0 Å². The van der Waals surface area contributed by atoms with Crippen LogP contribution in [0.15, 0.2) is 6.20 Å². The van der Waals surface area contributed by atoms with Gasteiger partial charge in [-0.3, -0.25) is 10.1 Å². The molecule has 0 aliphatic carbocycles. The summed E-state index contributed by atoms with van der Waals surface area (Å²) in [5.74, 6) is -0.526. The van der Waals surface area contributed by atoms with E-state index in [1.165, 1.54) is 10.9 Å². The van der Waals surface area contributed by atoms with Crippen LogP contribution in [0.1, 0.15) is 17.4 Å². The summed E-state index contributed by atoms with van der Waals surface area (Å²) in [6, 6.07) is -0.881. The highest BCUT2D eigenvalue weighted by molar-refractivity contribution is 9.09. The average molecular weight is 276 g/mol. The van der Waals surface area contributed by atoms with E-state index in [1.54, 1.807) is 0 Å². The Hall–Kier alpha value is -1.44. The maximum absolute atomic E-state index is 11.2. The molecule has 3 N–H and O–H groups in total. The molecule has 1 unspecified atom stereocenters. The molecule has 0 aromatic carbocycles. The molecule has 0 saturated heterocycles. The molecule has 0 spiro atoms. The maximum atomic E-state index is 11.2. The van der Waals surface area contributed by atoms with E-state index in [0.717, 1.165) is 5.69 Å². The Morgan fingerprint density at radius 3 is 2.93 bits per heavy atom. The highest BCUT2D eigenvalue weighted by Gasteiger charge is 2.12. The Labute approximate surface area is 94.1 Å². The number of hydrogen-bond acceptors (Lipinski definition) is 4. The Kier molecular flexibility index (Phi) is 3.78. The molecular formula is C7H10BrN5O2. The van der Waals surface area contributed by atoms with Crippen LogP contribution in [0.3, 0.4) is 0 Å². The number of nitrogens with one attached hydrogen (secondary N) is 1. The summed E-state index contributed by atoms with van der Waals surface area (Å²) in [6.07, 6.45) is 1.54. The van der Waals surface area contributed by atoms with Gasteiger partial charge < -0.3 is 5.73 Å². The van der Waals surface area contributed by atoms with Crippen LogP contribution in [0.2, 0.25) is 0 Å². The lowest BCUT2D eigenvalue weighted by molar-refractivity contribution is -0.120. The molecule has 7 nitrogen and oxygen atoms in total. The van der Waals surface area contributed by atoms with Gasteiger partial charge in [0.25, 0.3) is 0 Å². The Morgan fingerprint density at radius 2 is 2.40 bits per heavy atom. The molecule has 1 atom stereocenters. The lowest BCUT2D eigenvalue weighted by Gasteiger charge is -2.06. The number of halogens is 1. The van der Waals surface area contributed by atoms with E-state index in [0.29, 0.717) is 0 Å². The van der Waals surface area contributed by atoms with E-state index in [4.69, 9.17) is 5.73 Å². The van der Waals surface area contributed by atoms with E-state index < -0.39 is 11.9 Å². The molecule has 0 radical (unpaired) electrons. The van der Waals surface area contributed by atoms with Gasteiger partial charge in [0.1, 0.15) is 6.54 Å². The minimum Gasteiger partial charge on any atom is -0.351 e. The first-order valence-corrected chi connectivity index (χ1v) is 5.04. The monoisotopic (exact) mass is 275 g/mol. The zero-order valence-corrected chi connectivity index (χ0v) is 9.56. The predicted molar refractivity (Wildman–Crippen MR) is 55.1 cm³/mol. The Morgan fingerprint density at radius 1 is 1.73 bits per heavy atom. The number of hydrogen-bond donors (Lipinski definition) is 2. The summed E-state index contributed by atoms with van der Waals surface area (Å²) in [6.45, 7) is 1.79. The van der Waals surface area contributed by atoms with Gasteiger partial charge in [0.2, 0.25) is 5.91 Å². The lowest BCUT2D eigenvalue weighted by atomic mass is 10.3. The number of imide groups is 1. The lowest BCUT2D eigenvalue weighted by Crippen LogP contribution is -2.37. The molecular weight excluding hydrogens is 266 g/mol. The number of primary amides is 1. The fourth-order valence-corrected chi connectivity index (χ4v) is 1.36. The Balaban J connectivity index is 2.68. The minimum atomic E-state index is -0.881. The molecule has 0 aliphatic heterocycles. The number of rotatable bonds is 3. The zero-order valence-electron chi connectivity index (χ0n) is 7.98. The van der Waals surface area contributed by atoms with Gasteiger partial charge in [0, 0.05) is 0 Å². The number of amides is 3. The van der Waals surface area contributed by atoms with Crippen LogP contribution >= 0.6 is 15.9 Å². The van der Waals surface area contributed by atoms with Crippen molar-refractivity contribution in [2.24, 2.45) is 5.73 Å². The molecule has 1 heterocycles. The molecule has 1 aromatic rings. The molecule has 82 valence electrons. The quantitative estimate of drug-likeness (QED) is 0.754. The number of carbonyl (C=O) groups excluding carboxylic acids is 2. The van der Waals surface area contributed by atoms with Crippen molar-refractivity contribution in [3.8, 4) is 0 Å². The van der Waals surface area contributed by atoms with Crippen LogP contribution in [-0.4, -0.2) is 26.9 Å². The molecule has 8 heteroatoms. The van der Waals surface area contributed by atoms with E-state index in [-0.39, 0.29) is 11.4 Å². The van der Waals surface area contributed by atoms with E-state index in [9.17, 15) is 9.59 Å². The first-order chi connectivity index (χ1) is 7.00. The van der Waals surface area contributed by atoms with Crippen LogP contribution in [-0.2, 0) is 11.3 Å². The number of nitrogens with two attached hydrogens (primary N) is 1. The summed E-state index contributed by atoms with van der Waals surface area (Å²) in [4.78, 5) is 21.6. The number of carbonyl (C=O) groups is 2. The van der Waals surface area contributed by atoms with Gasteiger partial charge in [0.05, 0.1) is 16.7 Å². The molecule has 1 rings (SSSR count). The largest absolute Gasteiger partial charge is 0.351 e. The summed E-state index contributed by atoms with van der Waals surface area (Å²) in [5.41, 5.74) is 5.54. The van der Waals surface area contributed by atoms with Crippen molar-refractivity contribution >= 4 is 27.9 Å². The second-order valence-corrected chi connectivity index (χ2v) is 4.22. The van der Waals surface area contributed by atoms with Crippen molar-refractivity contribution in [3.63, 3.8) is 0 Å². The third-order valence-electron chi connectivity index (χ3n) is 1.61. The van der Waals surface area contributed by atoms with Crippen LogP contribution in [0.4, 0.5) is 4.79 Å². The molecule has 0 bridgehead atoms. The molecule has 0 aliphatic rings. The molecule has 0 fully saturated rings. The van der Waals surface area contributed by atoms with Gasteiger partial charge in [-0.2, -0.15) is 0 Å². The highest BCUT2D eigenvalue weighted by atomic mass is 79.9. The standard InChI is InChI=1S/C7H10BrN5O2/c1-4(8)5-2-10-12-13(5)3-6(14)11-7(9)15/h2,4H,3H2,1H3,(H3,9,11,14,15). The van der Waals surface area contributed by atoms with Gasteiger partial charge in [-0.05, 0) is 6.92 Å². The van der Waals surface area contributed by atoms with Crippen LogP contribution in [0.25, 0.3) is 0 Å². The molecule has 15 heavy (non-hydrogen) atoms. The maximum Gasteiger partial charge on any atom is 0.318 e. The topological polar surface area (TPSA) is 103 Å². The molecule has 1 aromatic heterocycles. The summed E-state index contributed by atoms with van der Waals surface area (Å²) in [5, 5.41) is 9.31. The van der Waals surface area contributed by atoms with E-state index in [2.05, 4.69) is 26.2 Å². The highest BCUT2D eigenvalue weighted by Crippen LogP contribution is 2.19. The van der Waals surface area contributed by atoms with Crippen LogP contribution < -0.4 is 11.1 Å². The van der Waals surface area contributed by atoms with Crippen LogP contribution in [0.5, 0.6) is 0 Å². The fraction of sp³-hybridized carbons (Fsp3) is 0.429. The summed E-state index contributed by atoms with van der Waals surface area (Å²) < 4.78 is 1.39. The van der Waals surface area contributed by atoms with Crippen molar-refractivity contribution in [3.05, 3.63) is 11.9 Å². The summed E-state index contributed by atoms with van der Waals surface area (Å²) in [7, 11) is 0. The van der Waals surface area contributed by atoms with Gasteiger partial charge >= 0.3 is 6.03 Å². The second kappa shape index (κ2) is 4.87. The SMILES string of the molecule is CC(Br)c1cnnn1CC(=O)NC(N)=O. The van der Waals surface area contributed by atoms with E-state index in [1.807, 2.05) is 12.2 Å². The van der Waals surface area contributed by atoms with Crippen molar-refractivity contribution in [2.45, 2.75) is 18.3 Å². The van der Waals surface area contributed by atoms with Crippen molar-refractivity contribution < 1.29 is 9.59 Å². The molecule has 3 amide bonds. The second-order valence-electron chi connectivity index (χ2n) is 2.84. The molecule has 0 saturated carbocycles. The first-order valence-electron chi connectivity index (χ1n) is 4.12. The third kappa shape index (κ3) is 3.31. The van der Waals surface area contributed by atoms with Gasteiger partial charge in [-0.25, -0.2) is 9.48 Å². The van der Waals surface area contributed by atoms with Crippen LogP contribution in [0, 0.1) is 0 Å². The number of nitrogens with zero attached hydrogens (tertiary/aromatic N) is 3. The summed E-state index contributed by atoms with van der Waals surface area (Å²) >= 11 is 3.33. The average Bonchev–Trinajstić information content (AvgIpc) is 2.50. The first kappa shape index (κ1) is 11.6. The number of alkyl halides is 1. The van der Waals surface area contributed by atoms with Gasteiger partial charge in [-0.15, -0.1) is 5.10 Å². The predicted octanol–water partition coefficient (Wildman–Crippen LogP) is -0.0711. The van der Waals surface area contributed by atoms with E-state index >= 15 is 0 Å². The van der Waals surface area contributed by atoms with Gasteiger partial charge in [-0.1, -0.05) is 21.1 Å². The van der Waals surface area contributed by atoms with Crippen molar-refractivity contribution in [1.82, 2.24) is 20.3 Å². The number of aromatic nitrogens is 3. The normalized spacial score (nSPS) is 12.1. The number of urea groups is 1. The zero-order chi connectivity index (χ0) is 11.4. The smallest absolute Gasteiger partial charge is 0.318 e. The van der Waals surface area contributed by atoms with Crippen molar-refractivity contribution in [2.75, 3.05) is 0 Å².